The maximum atomic E-state index is 12.2. The monoisotopic (exact) mass is 407 g/mol. The van der Waals surface area contributed by atoms with E-state index in [4.69, 9.17) is 0 Å². The van der Waals surface area contributed by atoms with Gasteiger partial charge in [0, 0.05) is 31.0 Å². The summed E-state index contributed by atoms with van der Waals surface area (Å²) in [6, 6.07) is 19.7. The van der Waals surface area contributed by atoms with E-state index in [1.54, 1.807) is 11.8 Å². The molecule has 7 heteroatoms. The van der Waals surface area contributed by atoms with Crippen molar-refractivity contribution in [1.82, 2.24) is 14.8 Å². The second-order valence-electron chi connectivity index (χ2n) is 7.01. The minimum Gasteiger partial charge on any atom is -0.341 e. The standard InChI is InChI=1S/C22H25N5OS/c28-20(23-18-10-4-1-5-11-18)14-17-29-22-25-24-21(26-15-8-3-9-16-26)27(22)19-12-6-2-7-13-19/h1-2,4-7,10-13H,3,8-9,14-17H2,(H,23,28). The normalized spacial score (nSPS) is 14.0. The Labute approximate surface area is 175 Å². The maximum absolute atomic E-state index is 12.2. The summed E-state index contributed by atoms with van der Waals surface area (Å²) in [6.45, 7) is 2.02. The number of nitrogens with zero attached hydrogens (tertiary/aromatic N) is 4. The molecule has 1 amide bonds. The summed E-state index contributed by atoms with van der Waals surface area (Å²) in [4.78, 5) is 14.5. The summed E-state index contributed by atoms with van der Waals surface area (Å²) in [5.74, 6) is 1.54. The fraction of sp³-hybridized carbons (Fsp3) is 0.318. The summed E-state index contributed by atoms with van der Waals surface area (Å²) >= 11 is 1.57. The highest BCUT2D eigenvalue weighted by Gasteiger charge is 2.21. The van der Waals surface area contributed by atoms with Gasteiger partial charge in [-0.2, -0.15) is 0 Å². The number of hydrogen-bond acceptors (Lipinski definition) is 5. The quantitative estimate of drug-likeness (QED) is 0.589. The molecule has 29 heavy (non-hydrogen) atoms. The number of amides is 1. The van der Waals surface area contributed by atoms with Gasteiger partial charge in [-0.1, -0.05) is 48.2 Å². The average molecular weight is 408 g/mol. The van der Waals surface area contributed by atoms with E-state index in [-0.39, 0.29) is 5.91 Å². The lowest BCUT2D eigenvalue weighted by Gasteiger charge is -2.27. The smallest absolute Gasteiger partial charge is 0.232 e. The van der Waals surface area contributed by atoms with Crippen molar-refractivity contribution in [2.45, 2.75) is 30.8 Å². The van der Waals surface area contributed by atoms with Crippen molar-refractivity contribution in [2.24, 2.45) is 0 Å². The number of hydrogen-bond donors (Lipinski definition) is 1. The van der Waals surface area contributed by atoms with Gasteiger partial charge in [-0.15, -0.1) is 10.2 Å². The first-order chi connectivity index (χ1) is 14.3. The van der Waals surface area contributed by atoms with Crippen LogP contribution in [-0.4, -0.2) is 39.5 Å². The highest BCUT2D eigenvalue weighted by atomic mass is 32.2. The zero-order chi connectivity index (χ0) is 19.9. The molecule has 1 N–H and O–H groups in total. The van der Waals surface area contributed by atoms with E-state index in [1.807, 2.05) is 48.5 Å². The van der Waals surface area contributed by atoms with Crippen LogP contribution < -0.4 is 10.2 Å². The number of carbonyl (C=O) groups excluding carboxylic acids is 1. The topological polar surface area (TPSA) is 63.1 Å². The molecule has 2 aromatic carbocycles. The molecule has 0 spiro atoms. The average Bonchev–Trinajstić information content (AvgIpc) is 3.19. The Kier molecular flexibility index (Phi) is 6.46. The second-order valence-corrected chi connectivity index (χ2v) is 8.08. The minimum absolute atomic E-state index is 0.00531. The fourth-order valence-electron chi connectivity index (χ4n) is 3.44. The number of para-hydroxylation sites is 2. The third-order valence-corrected chi connectivity index (χ3v) is 5.82. The van der Waals surface area contributed by atoms with Crippen molar-refractivity contribution in [3.05, 3.63) is 60.7 Å². The summed E-state index contributed by atoms with van der Waals surface area (Å²) < 4.78 is 2.12. The third kappa shape index (κ3) is 4.98. The fourth-order valence-corrected chi connectivity index (χ4v) is 4.32. The third-order valence-electron chi connectivity index (χ3n) is 4.89. The second kappa shape index (κ2) is 9.60. The number of rotatable bonds is 7. The summed E-state index contributed by atoms with van der Waals surface area (Å²) in [5, 5.41) is 12.7. The van der Waals surface area contributed by atoms with Crippen LogP contribution in [0.25, 0.3) is 5.69 Å². The van der Waals surface area contributed by atoms with Crippen molar-refractivity contribution < 1.29 is 4.79 Å². The molecule has 0 bridgehead atoms. The number of nitrogens with one attached hydrogen (secondary N) is 1. The van der Waals surface area contributed by atoms with Gasteiger partial charge in [0.2, 0.25) is 11.9 Å². The van der Waals surface area contributed by atoms with Gasteiger partial charge < -0.3 is 10.2 Å². The van der Waals surface area contributed by atoms with E-state index in [1.165, 1.54) is 19.3 Å². The summed E-state index contributed by atoms with van der Waals surface area (Å²) in [7, 11) is 0. The Morgan fingerprint density at radius 1 is 0.931 bits per heavy atom. The van der Waals surface area contributed by atoms with Crippen LogP contribution in [0.1, 0.15) is 25.7 Å². The SMILES string of the molecule is O=C(CCSc1nnc(N2CCCCC2)n1-c1ccccc1)Nc1ccccc1. The first-order valence-electron chi connectivity index (χ1n) is 10.0. The zero-order valence-corrected chi connectivity index (χ0v) is 17.1. The van der Waals surface area contributed by atoms with Crippen molar-refractivity contribution in [3.8, 4) is 5.69 Å². The molecule has 3 aromatic rings. The van der Waals surface area contributed by atoms with Crippen molar-refractivity contribution >= 4 is 29.3 Å². The number of thioether (sulfide) groups is 1. The van der Waals surface area contributed by atoms with E-state index in [9.17, 15) is 4.79 Å². The van der Waals surface area contributed by atoms with Crippen LogP contribution in [0.15, 0.2) is 65.8 Å². The Morgan fingerprint density at radius 3 is 2.34 bits per heavy atom. The van der Waals surface area contributed by atoms with Crippen molar-refractivity contribution in [3.63, 3.8) is 0 Å². The Hall–Kier alpha value is -2.80. The molecule has 0 unspecified atom stereocenters. The summed E-state index contributed by atoms with van der Waals surface area (Å²) in [5.41, 5.74) is 1.87. The predicted octanol–water partition coefficient (Wildman–Crippen LogP) is 4.38. The Bertz CT molecular complexity index is 923. The lowest BCUT2D eigenvalue weighted by atomic mass is 10.1. The molecule has 150 valence electrons. The first kappa shape index (κ1) is 19.5. The zero-order valence-electron chi connectivity index (χ0n) is 16.3. The molecule has 0 saturated carbocycles. The lowest BCUT2D eigenvalue weighted by molar-refractivity contribution is -0.115. The first-order valence-corrected chi connectivity index (χ1v) is 11.0. The van der Waals surface area contributed by atoms with Crippen LogP contribution >= 0.6 is 11.8 Å². The molecule has 1 aromatic heterocycles. The number of benzene rings is 2. The van der Waals surface area contributed by atoms with Gasteiger partial charge in [0.15, 0.2) is 5.16 Å². The van der Waals surface area contributed by atoms with Gasteiger partial charge in [0.25, 0.3) is 0 Å². The van der Waals surface area contributed by atoms with Crippen LogP contribution in [0, 0.1) is 0 Å². The molecular weight excluding hydrogens is 382 g/mol. The molecule has 4 rings (SSSR count). The minimum atomic E-state index is 0.00531. The van der Waals surface area contributed by atoms with Crippen molar-refractivity contribution in [2.75, 3.05) is 29.1 Å². The van der Waals surface area contributed by atoms with Crippen LogP contribution in [-0.2, 0) is 4.79 Å². The molecule has 0 atom stereocenters. The van der Waals surface area contributed by atoms with Crippen LogP contribution in [0.5, 0.6) is 0 Å². The molecule has 1 saturated heterocycles. The van der Waals surface area contributed by atoms with Gasteiger partial charge in [0.1, 0.15) is 0 Å². The molecule has 0 aliphatic carbocycles. The largest absolute Gasteiger partial charge is 0.341 e. The van der Waals surface area contributed by atoms with Gasteiger partial charge >= 0.3 is 0 Å². The molecule has 1 fully saturated rings. The van der Waals surface area contributed by atoms with Crippen LogP contribution in [0.3, 0.4) is 0 Å². The molecule has 6 nitrogen and oxygen atoms in total. The molecule has 0 radical (unpaired) electrons. The number of aromatic nitrogens is 3. The van der Waals surface area contributed by atoms with E-state index < -0.39 is 0 Å². The highest BCUT2D eigenvalue weighted by Crippen LogP contribution is 2.28. The van der Waals surface area contributed by atoms with E-state index in [0.717, 1.165) is 35.6 Å². The number of anilines is 2. The molecular formula is C22H25N5OS. The van der Waals surface area contributed by atoms with Crippen LogP contribution in [0.4, 0.5) is 11.6 Å². The number of piperidine rings is 1. The number of carbonyl (C=O) groups is 1. The van der Waals surface area contributed by atoms with E-state index in [0.29, 0.717) is 12.2 Å². The van der Waals surface area contributed by atoms with Crippen molar-refractivity contribution in [1.29, 1.82) is 0 Å². The van der Waals surface area contributed by atoms with Gasteiger partial charge in [-0.3, -0.25) is 9.36 Å². The van der Waals surface area contributed by atoms with Crippen LogP contribution in [0.2, 0.25) is 0 Å². The van der Waals surface area contributed by atoms with Gasteiger partial charge in [-0.25, -0.2) is 0 Å². The van der Waals surface area contributed by atoms with Gasteiger partial charge in [0.05, 0.1) is 5.69 Å². The van der Waals surface area contributed by atoms with Gasteiger partial charge in [-0.05, 0) is 43.5 Å². The lowest BCUT2D eigenvalue weighted by Crippen LogP contribution is -2.31. The van der Waals surface area contributed by atoms with E-state index >= 15 is 0 Å². The molecule has 2 heterocycles. The van der Waals surface area contributed by atoms with E-state index in [2.05, 4.69) is 37.1 Å². The highest BCUT2D eigenvalue weighted by molar-refractivity contribution is 7.99. The summed E-state index contributed by atoms with van der Waals surface area (Å²) in [6.07, 6.45) is 4.06. The maximum Gasteiger partial charge on any atom is 0.232 e. The molecule has 1 aliphatic heterocycles. The molecule has 1 aliphatic rings. The Morgan fingerprint density at radius 2 is 1.62 bits per heavy atom. The predicted molar refractivity (Wildman–Crippen MR) is 118 cm³/mol. The Balaban J connectivity index is 1.45.